The Bertz CT molecular complexity index is 977. The van der Waals surface area contributed by atoms with Crippen LogP contribution >= 0.6 is 0 Å². The predicted molar refractivity (Wildman–Crippen MR) is 102 cm³/mol. The van der Waals surface area contributed by atoms with E-state index in [0.717, 1.165) is 22.8 Å². The zero-order chi connectivity index (χ0) is 20.6. The molecule has 3 aromatic carbocycles. The number of ether oxygens (including phenoxy) is 1. The lowest BCUT2D eigenvalue weighted by atomic mass is 9.94. The molecule has 0 saturated heterocycles. The number of hydrogen-bond donors (Lipinski definition) is 0. The highest BCUT2D eigenvalue weighted by Crippen LogP contribution is 2.38. The van der Waals surface area contributed by atoms with E-state index < -0.39 is 23.5 Å². The van der Waals surface area contributed by atoms with E-state index in [1.807, 2.05) is 31.2 Å². The van der Waals surface area contributed by atoms with Crippen LogP contribution in [0.25, 0.3) is 11.1 Å². The maximum absolute atomic E-state index is 14.9. The first kappa shape index (κ1) is 19.9. The summed E-state index contributed by atoms with van der Waals surface area (Å²) in [7, 11) is 0. The zero-order valence-corrected chi connectivity index (χ0v) is 16.0. The van der Waals surface area contributed by atoms with Crippen LogP contribution in [0.2, 0.25) is 0 Å². The van der Waals surface area contributed by atoms with E-state index in [4.69, 9.17) is 4.74 Å². The van der Waals surface area contributed by atoms with Gasteiger partial charge in [-0.05, 0) is 61.6 Å². The molecule has 0 saturated carbocycles. The van der Waals surface area contributed by atoms with Gasteiger partial charge in [0.25, 0.3) is 0 Å². The molecule has 146 valence electrons. The number of rotatable bonds is 4. The first-order chi connectivity index (χ1) is 13.1. The van der Waals surface area contributed by atoms with E-state index in [-0.39, 0.29) is 11.1 Å². The van der Waals surface area contributed by atoms with Crippen molar-refractivity contribution in [1.29, 1.82) is 0 Å². The third kappa shape index (κ3) is 3.88. The van der Waals surface area contributed by atoms with Crippen molar-refractivity contribution in [3.63, 3.8) is 0 Å². The van der Waals surface area contributed by atoms with Crippen molar-refractivity contribution >= 4 is 0 Å². The van der Waals surface area contributed by atoms with Crippen LogP contribution in [0, 0.1) is 39.3 Å². The molecule has 0 fully saturated rings. The Kier molecular flexibility index (Phi) is 5.20. The highest BCUT2D eigenvalue weighted by Gasteiger charge is 2.38. The molecule has 5 heteroatoms. The molecule has 0 spiro atoms. The van der Waals surface area contributed by atoms with Gasteiger partial charge < -0.3 is 4.74 Å². The van der Waals surface area contributed by atoms with Gasteiger partial charge in [-0.2, -0.15) is 8.78 Å². The van der Waals surface area contributed by atoms with Gasteiger partial charge in [0.05, 0.1) is 5.56 Å². The van der Waals surface area contributed by atoms with Gasteiger partial charge in [-0.3, -0.25) is 0 Å². The van der Waals surface area contributed by atoms with Crippen LogP contribution in [-0.2, 0) is 6.11 Å². The van der Waals surface area contributed by atoms with Crippen LogP contribution in [0.5, 0.6) is 5.75 Å². The summed E-state index contributed by atoms with van der Waals surface area (Å²) >= 11 is 0. The van der Waals surface area contributed by atoms with Gasteiger partial charge in [0, 0.05) is 6.07 Å². The SMILES string of the molecule is Cc1ccc(-c2cc(C)c(C(F)(F)Oc3cc(C)c(F)c(F)c3)c(C)c2)cc1. The minimum absolute atomic E-state index is 0.103. The Morgan fingerprint density at radius 1 is 0.714 bits per heavy atom. The molecule has 0 aromatic heterocycles. The second kappa shape index (κ2) is 7.30. The lowest BCUT2D eigenvalue weighted by Crippen LogP contribution is -2.24. The number of benzene rings is 3. The standard InChI is InChI=1S/C23H20F4O/c1-13-5-7-17(8-6-13)18-9-14(2)21(15(3)10-18)23(26,27)28-19-11-16(4)22(25)20(24)12-19/h5-12H,1-4H3. The Labute approximate surface area is 161 Å². The van der Waals surface area contributed by atoms with Gasteiger partial charge in [-0.1, -0.05) is 42.0 Å². The van der Waals surface area contributed by atoms with Crippen molar-refractivity contribution in [3.05, 3.63) is 88.0 Å². The van der Waals surface area contributed by atoms with Gasteiger partial charge in [-0.25, -0.2) is 8.78 Å². The quantitative estimate of drug-likeness (QED) is 0.438. The fourth-order valence-electron chi connectivity index (χ4n) is 3.29. The van der Waals surface area contributed by atoms with Gasteiger partial charge in [0.15, 0.2) is 11.6 Å². The molecule has 0 atom stereocenters. The Balaban J connectivity index is 1.99. The summed E-state index contributed by atoms with van der Waals surface area (Å²) in [6.45, 7) is 6.42. The topological polar surface area (TPSA) is 9.23 Å². The molecule has 28 heavy (non-hydrogen) atoms. The largest absolute Gasteiger partial charge is 0.429 e. The molecule has 1 nitrogen and oxygen atoms in total. The summed E-state index contributed by atoms with van der Waals surface area (Å²) < 4.78 is 61.5. The maximum Gasteiger partial charge on any atom is 0.427 e. The van der Waals surface area contributed by atoms with Gasteiger partial charge in [0.2, 0.25) is 0 Å². The number of hydrogen-bond acceptors (Lipinski definition) is 1. The molecule has 0 aliphatic heterocycles. The van der Waals surface area contributed by atoms with E-state index in [0.29, 0.717) is 17.2 Å². The average Bonchev–Trinajstić information content (AvgIpc) is 2.59. The Morgan fingerprint density at radius 2 is 1.29 bits per heavy atom. The monoisotopic (exact) mass is 388 g/mol. The van der Waals surface area contributed by atoms with Crippen molar-refractivity contribution in [1.82, 2.24) is 0 Å². The van der Waals surface area contributed by atoms with Crippen LogP contribution in [0.15, 0.2) is 48.5 Å². The molecular formula is C23H20F4O. The zero-order valence-electron chi connectivity index (χ0n) is 16.0. The van der Waals surface area contributed by atoms with Crippen LogP contribution < -0.4 is 4.74 Å². The van der Waals surface area contributed by atoms with E-state index in [1.165, 1.54) is 6.92 Å². The van der Waals surface area contributed by atoms with E-state index in [9.17, 15) is 17.6 Å². The molecule has 0 aliphatic carbocycles. The van der Waals surface area contributed by atoms with Crippen molar-refractivity contribution in [3.8, 4) is 16.9 Å². The normalized spacial score (nSPS) is 11.6. The molecule has 0 radical (unpaired) electrons. The molecule has 3 aromatic rings. The molecule has 0 bridgehead atoms. The second-order valence-corrected chi connectivity index (χ2v) is 7.01. The summed E-state index contributed by atoms with van der Waals surface area (Å²) in [6, 6.07) is 12.8. The fourth-order valence-corrected chi connectivity index (χ4v) is 3.29. The highest BCUT2D eigenvalue weighted by atomic mass is 19.3. The van der Waals surface area contributed by atoms with Crippen molar-refractivity contribution < 1.29 is 22.3 Å². The fraction of sp³-hybridized carbons (Fsp3) is 0.217. The summed E-state index contributed by atoms with van der Waals surface area (Å²) in [5.41, 5.74) is 3.15. The number of alkyl halides is 2. The summed E-state index contributed by atoms with van der Waals surface area (Å²) in [4.78, 5) is 0. The Morgan fingerprint density at radius 3 is 1.82 bits per heavy atom. The van der Waals surface area contributed by atoms with Crippen molar-refractivity contribution in [2.45, 2.75) is 33.8 Å². The van der Waals surface area contributed by atoms with Crippen LogP contribution in [0.3, 0.4) is 0 Å². The summed E-state index contributed by atoms with van der Waals surface area (Å²) in [5, 5.41) is 0. The van der Waals surface area contributed by atoms with Crippen LogP contribution in [-0.4, -0.2) is 0 Å². The molecule has 0 N–H and O–H groups in total. The minimum Gasteiger partial charge on any atom is -0.429 e. The summed E-state index contributed by atoms with van der Waals surface area (Å²) in [5.74, 6) is -2.73. The molecular weight excluding hydrogens is 368 g/mol. The minimum atomic E-state index is -3.70. The van der Waals surface area contributed by atoms with Gasteiger partial charge in [-0.15, -0.1) is 0 Å². The predicted octanol–water partition coefficient (Wildman–Crippen LogP) is 6.99. The third-order valence-corrected chi connectivity index (χ3v) is 4.64. The van der Waals surface area contributed by atoms with Crippen LogP contribution in [0.4, 0.5) is 17.6 Å². The van der Waals surface area contributed by atoms with Crippen molar-refractivity contribution in [2.24, 2.45) is 0 Å². The Hall–Kier alpha value is -2.82. The first-order valence-electron chi connectivity index (χ1n) is 8.79. The second-order valence-electron chi connectivity index (χ2n) is 7.01. The lowest BCUT2D eigenvalue weighted by Gasteiger charge is -2.23. The highest BCUT2D eigenvalue weighted by molar-refractivity contribution is 5.66. The third-order valence-electron chi connectivity index (χ3n) is 4.64. The summed E-state index contributed by atoms with van der Waals surface area (Å²) in [6.07, 6.45) is -3.70. The van der Waals surface area contributed by atoms with Gasteiger partial charge >= 0.3 is 6.11 Å². The average molecular weight is 388 g/mol. The number of halogens is 4. The van der Waals surface area contributed by atoms with E-state index in [2.05, 4.69) is 0 Å². The maximum atomic E-state index is 14.9. The molecule has 0 aliphatic rings. The van der Waals surface area contributed by atoms with E-state index >= 15 is 0 Å². The first-order valence-corrected chi connectivity index (χ1v) is 8.79. The van der Waals surface area contributed by atoms with E-state index in [1.54, 1.807) is 26.0 Å². The smallest absolute Gasteiger partial charge is 0.427 e. The number of aryl methyl sites for hydroxylation is 4. The lowest BCUT2D eigenvalue weighted by molar-refractivity contribution is -0.186. The van der Waals surface area contributed by atoms with Crippen LogP contribution in [0.1, 0.15) is 27.8 Å². The molecule has 0 unspecified atom stereocenters. The van der Waals surface area contributed by atoms with Gasteiger partial charge in [0.1, 0.15) is 5.75 Å². The molecule has 3 rings (SSSR count). The molecule has 0 amide bonds. The van der Waals surface area contributed by atoms with Crippen molar-refractivity contribution in [2.75, 3.05) is 0 Å². The molecule has 0 heterocycles.